The largest absolute Gasteiger partial charge is 0.507 e. The molecule has 4 heteroatoms. The molecule has 0 radical (unpaired) electrons. The summed E-state index contributed by atoms with van der Waals surface area (Å²) in [6, 6.07) is 4.95. The summed E-state index contributed by atoms with van der Waals surface area (Å²) in [5.41, 5.74) is 0.509. The lowest BCUT2D eigenvalue weighted by Gasteiger charge is -2.05. The molecule has 0 saturated carbocycles. The first-order valence-corrected chi connectivity index (χ1v) is 6.49. The summed E-state index contributed by atoms with van der Waals surface area (Å²) in [6.07, 6.45) is 3.26. The highest BCUT2D eigenvalue weighted by atomic mass is 127. The van der Waals surface area contributed by atoms with E-state index < -0.39 is 0 Å². The first-order chi connectivity index (χ1) is 7.65. The zero-order chi connectivity index (χ0) is 12.0. The number of halogens is 1. The standard InChI is InChI=1S/C12H16INO2/c1-2-3-4-7-14-12(16)9-5-6-10(13)11(15)8-9/h5-6,8,15H,2-4,7H2,1H3,(H,14,16). The quantitative estimate of drug-likeness (QED) is 0.643. The van der Waals surface area contributed by atoms with E-state index in [0.717, 1.165) is 22.8 Å². The number of rotatable bonds is 5. The fourth-order valence-corrected chi connectivity index (χ4v) is 1.67. The van der Waals surface area contributed by atoms with Crippen LogP contribution >= 0.6 is 22.6 Å². The van der Waals surface area contributed by atoms with Crippen molar-refractivity contribution in [3.05, 3.63) is 27.3 Å². The van der Waals surface area contributed by atoms with Crippen LogP contribution in [0, 0.1) is 3.57 Å². The van der Waals surface area contributed by atoms with Crippen molar-refractivity contribution in [2.24, 2.45) is 0 Å². The molecule has 0 aliphatic rings. The number of hydrogen-bond donors (Lipinski definition) is 2. The molecule has 1 aromatic rings. The van der Waals surface area contributed by atoms with Gasteiger partial charge in [-0.2, -0.15) is 0 Å². The van der Waals surface area contributed by atoms with Gasteiger partial charge in [-0.05, 0) is 47.2 Å². The average molecular weight is 333 g/mol. The number of nitrogens with one attached hydrogen (secondary N) is 1. The normalized spacial score (nSPS) is 10.1. The van der Waals surface area contributed by atoms with Gasteiger partial charge in [0.05, 0.1) is 3.57 Å². The monoisotopic (exact) mass is 333 g/mol. The van der Waals surface area contributed by atoms with Gasteiger partial charge in [-0.15, -0.1) is 0 Å². The number of carbonyl (C=O) groups is 1. The molecular formula is C12H16INO2. The van der Waals surface area contributed by atoms with Crippen LogP contribution in [-0.4, -0.2) is 17.6 Å². The zero-order valence-corrected chi connectivity index (χ0v) is 11.5. The lowest BCUT2D eigenvalue weighted by Crippen LogP contribution is -2.24. The third-order valence-corrected chi connectivity index (χ3v) is 3.19. The first-order valence-electron chi connectivity index (χ1n) is 5.42. The van der Waals surface area contributed by atoms with Gasteiger partial charge in [-0.3, -0.25) is 4.79 Å². The average Bonchev–Trinajstić information content (AvgIpc) is 2.28. The maximum atomic E-state index is 11.6. The molecule has 0 bridgehead atoms. The molecule has 0 heterocycles. The molecule has 0 spiro atoms. The smallest absolute Gasteiger partial charge is 0.251 e. The summed E-state index contributed by atoms with van der Waals surface area (Å²) in [7, 11) is 0. The van der Waals surface area contributed by atoms with Gasteiger partial charge >= 0.3 is 0 Å². The van der Waals surface area contributed by atoms with E-state index in [0.29, 0.717) is 12.1 Å². The van der Waals surface area contributed by atoms with Gasteiger partial charge in [0.15, 0.2) is 0 Å². The Morgan fingerprint density at radius 1 is 1.44 bits per heavy atom. The Bertz CT molecular complexity index is 366. The minimum Gasteiger partial charge on any atom is -0.507 e. The van der Waals surface area contributed by atoms with E-state index in [1.165, 1.54) is 6.07 Å². The van der Waals surface area contributed by atoms with Crippen LogP contribution in [0.1, 0.15) is 36.5 Å². The lowest BCUT2D eigenvalue weighted by molar-refractivity contribution is 0.0952. The SMILES string of the molecule is CCCCCNC(=O)c1ccc(I)c(O)c1. The van der Waals surface area contributed by atoms with Crippen molar-refractivity contribution >= 4 is 28.5 Å². The van der Waals surface area contributed by atoms with Crippen molar-refractivity contribution in [2.75, 3.05) is 6.54 Å². The van der Waals surface area contributed by atoms with E-state index in [1.54, 1.807) is 12.1 Å². The summed E-state index contributed by atoms with van der Waals surface area (Å²) in [5, 5.41) is 12.3. The number of phenols is 1. The summed E-state index contributed by atoms with van der Waals surface area (Å²) in [4.78, 5) is 11.6. The highest BCUT2D eigenvalue weighted by Gasteiger charge is 2.07. The maximum Gasteiger partial charge on any atom is 0.251 e. The molecule has 16 heavy (non-hydrogen) atoms. The van der Waals surface area contributed by atoms with Crippen LogP contribution in [0.15, 0.2) is 18.2 Å². The number of benzene rings is 1. The Labute approximate surface area is 109 Å². The second-order valence-electron chi connectivity index (χ2n) is 3.63. The van der Waals surface area contributed by atoms with Crippen LogP contribution in [0.2, 0.25) is 0 Å². The van der Waals surface area contributed by atoms with E-state index in [4.69, 9.17) is 0 Å². The molecule has 0 saturated heterocycles. The summed E-state index contributed by atoms with van der Waals surface area (Å²) in [5.74, 6) is 0.0320. The summed E-state index contributed by atoms with van der Waals surface area (Å²) >= 11 is 2.02. The summed E-state index contributed by atoms with van der Waals surface area (Å²) in [6.45, 7) is 2.82. The molecule has 2 N–H and O–H groups in total. The number of carbonyl (C=O) groups excluding carboxylic acids is 1. The zero-order valence-electron chi connectivity index (χ0n) is 9.29. The number of hydrogen-bond acceptors (Lipinski definition) is 2. The molecule has 0 unspecified atom stereocenters. The number of phenolic OH excluding ortho intramolecular Hbond substituents is 1. The summed E-state index contributed by atoms with van der Waals surface area (Å²) < 4.78 is 0.750. The number of aromatic hydroxyl groups is 1. The molecule has 0 aromatic heterocycles. The Hall–Kier alpha value is -0.780. The van der Waals surface area contributed by atoms with Crippen LogP contribution in [0.5, 0.6) is 5.75 Å². The Balaban J connectivity index is 2.50. The highest BCUT2D eigenvalue weighted by molar-refractivity contribution is 14.1. The topological polar surface area (TPSA) is 49.3 Å². The molecule has 88 valence electrons. The molecular weight excluding hydrogens is 317 g/mol. The molecule has 0 aliphatic heterocycles. The van der Waals surface area contributed by atoms with Gasteiger partial charge in [0, 0.05) is 12.1 Å². The Kier molecular flexibility index (Phi) is 5.59. The Morgan fingerprint density at radius 3 is 2.81 bits per heavy atom. The lowest BCUT2D eigenvalue weighted by atomic mass is 10.2. The van der Waals surface area contributed by atoms with Crippen molar-refractivity contribution in [3.63, 3.8) is 0 Å². The predicted molar refractivity (Wildman–Crippen MR) is 72.7 cm³/mol. The van der Waals surface area contributed by atoms with E-state index in [9.17, 15) is 9.90 Å². The molecule has 1 amide bonds. The van der Waals surface area contributed by atoms with Crippen LogP contribution in [0.4, 0.5) is 0 Å². The maximum absolute atomic E-state index is 11.6. The van der Waals surface area contributed by atoms with Gasteiger partial charge in [0.25, 0.3) is 5.91 Å². The Morgan fingerprint density at radius 2 is 2.19 bits per heavy atom. The van der Waals surface area contributed by atoms with Crippen molar-refractivity contribution in [2.45, 2.75) is 26.2 Å². The van der Waals surface area contributed by atoms with Gasteiger partial charge < -0.3 is 10.4 Å². The van der Waals surface area contributed by atoms with Crippen LogP contribution in [-0.2, 0) is 0 Å². The predicted octanol–water partition coefficient (Wildman–Crippen LogP) is 2.92. The van der Waals surface area contributed by atoms with Crippen LogP contribution in [0.25, 0.3) is 0 Å². The van der Waals surface area contributed by atoms with Gasteiger partial charge in [-0.1, -0.05) is 19.8 Å². The second kappa shape index (κ2) is 6.73. The third-order valence-electron chi connectivity index (χ3n) is 2.27. The van der Waals surface area contributed by atoms with E-state index in [2.05, 4.69) is 12.2 Å². The molecule has 1 rings (SSSR count). The molecule has 0 atom stereocenters. The van der Waals surface area contributed by atoms with Gasteiger partial charge in [-0.25, -0.2) is 0 Å². The number of amides is 1. The van der Waals surface area contributed by atoms with Crippen LogP contribution in [0.3, 0.4) is 0 Å². The molecule has 0 aliphatic carbocycles. The minimum atomic E-state index is -0.122. The molecule has 1 aromatic carbocycles. The molecule has 3 nitrogen and oxygen atoms in total. The fourth-order valence-electron chi connectivity index (χ4n) is 1.33. The van der Waals surface area contributed by atoms with Gasteiger partial charge in [0.2, 0.25) is 0 Å². The second-order valence-corrected chi connectivity index (χ2v) is 4.79. The highest BCUT2D eigenvalue weighted by Crippen LogP contribution is 2.20. The molecule has 0 fully saturated rings. The van der Waals surface area contributed by atoms with E-state index >= 15 is 0 Å². The van der Waals surface area contributed by atoms with Crippen molar-refractivity contribution < 1.29 is 9.90 Å². The van der Waals surface area contributed by atoms with Crippen molar-refractivity contribution in [1.29, 1.82) is 0 Å². The minimum absolute atomic E-state index is 0.122. The number of unbranched alkanes of at least 4 members (excludes halogenated alkanes) is 2. The van der Waals surface area contributed by atoms with Crippen LogP contribution < -0.4 is 5.32 Å². The van der Waals surface area contributed by atoms with Crippen molar-refractivity contribution in [3.8, 4) is 5.75 Å². The fraction of sp³-hybridized carbons (Fsp3) is 0.417. The van der Waals surface area contributed by atoms with Crippen molar-refractivity contribution in [1.82, 2.24) is 5.32 Å². The van der Waals surface area contributed by atoms with E-state index in [1.807, 2.05) is 22.6 Å². The van der Waals surface area contributed by atoms with E-state index in [-0.39, 0.29) is 11.7 Å². The van der Waals surface area contributed by atoms with Gasteiger partial charge in [0.1, 0.15) is 5.75 Å². The third kappa shape index (κ3) is 4.00. The first kappa shape index (κ1) is 13.3.